The number of hydrogen-bond donors (Lipinski definition) is 1. The van der Waals surface area contributed by atoms with Gasteiger partial charge >= 0.3 is 0 Å². The number of rotatable bonds is 5. The molecule has 1 aliphatic heterocycles. The molecule has 1 aromatic carbocycles. The van der Waals surface area contributed by atoms with Crippen molar-refractivity contribution < 1.29 is 13.2 Å². The molecule has 0 aromatic heterocycles. The molecule has 0 radical (unpaired) electrons. The van der Waals surface area contributed by atoms with Gasteiger partial charge in [-0.05, 0) is 37.6 Å². The second kappa shape index (κ2) is 6.87. The Kier molecular flexibility index (Phi) is 5.37. The highest BCUT2D eigenvalue weighted by Crippen LogP contribution is 2.25. The van der Waals surface area contributed by atoms with Crippen LogP contribution in [-0.2, 0) is 27.7 Å². The van der Waals surface area contributed by atoms with Crippen molar-refractivity contribution in [2.75, 3.05) is 26.8 Å². The molecule has 0 bridgehead atoms. The van der Waals surface area contributed by atoms with Crippen LogP contribution in [0.1, 0.15) is 25.0 Å². The predicted octanol–water partition coefficient (Wildman–Crippen LogP) is 1.38. The van der Waals surface area contributed by atoms with E-state index in [1.807, 2.05) is 33.0 Å². The molecule has 2 rings (SSSR count). The van der Waals surface area contributed by atoms with Gasteiger partial charge in [0, 0.05) is 19.1 Å². The molecule has 1 aliphatic rings. The molecule has 1 heterocycles. The summed E-state index contributed by atoms with van der Waals surface area (Å²) in [7, 11) is -1.62. The van der Waals surface area contributed by atoms with Crippen LogP contribution in [0.4, 0.5) is 0 Å². The van der Waals surface area contributed by atoms with Crippen LogP contribution in [0.25, 0.3) is 0 Å². The molecule has 1 unspecified atom stereocenters. The molecule has 1 aromatic rings. The molecule has 118 valence electrons. The Hall–Kier alpha value is -0.950. The fourth-order valence-electron chi connectivity index (χ4n) is 2.64. The minimum atomic E-state index is -3.47. The maximum Gasteiger partial charge on any atom is 0.243 e. The average molecular weight is 312 g/mol. The van der Waals surface area contributed by atoms with Gasteiger partial charge in [0.05, 0.1) is 18.1 Å². The van der Waals surface area contributed by atoms with Gasteiger partial charge in [-0.2, -0.15) is 4.31 Å². The topological polar surface area (TPSA) is 58.6 Å². The van der Waals surface area contributed by atoms with Crippen molar-refractivity contribution in [2.45, 2.75) is 37.8 Å². The third kappa shape index (κ3) is 3.45. The highest BCUT2D eigenvalue weighted by atomic mass is 32.2. The van der Waals surface area contributed by atoms with Crippen LogP contribution in [0.3, 0.4) is 0 Å². The van der Waals surface area contributed by atoms with Crippen LogP contribution in [0, 0.1) is 0 Å². The lowest BCUT2D eigenvalue weighted by atomic mass is 10.1. The first-order valence-electron chi connectivity index (χ1n) is 7.36. The Balaban J connectivity index is 2.44. The summed E-state index contributed by atoms with van der Waals surface area (Å²) in [6.45, 7) is 5.86. The van der Waals surface area contributed by atoms with E-state index in [2.05, 4.69) is 5.32 Å². The molecule has 0 aliphatic carbocycles. The highest BCUT2D eigenvalue weighted by molar-refractivity contribution is 7.89. The van der Waals surface area contributed by atoms with Crippen LogP contribution in [0.2, 0.25) is 0 Å². The second-order valence-electron chi connectivity index (χ2n) is 5.37. The van der Waals surface area contributed by atoms with Crippen LogP contribution in [0.15, 0.2) is 23.1 Å². The van der Waals surface area contributed by atoms with Crippen molar-refractivity contribution in [1.29, 1.82) is 0 Å². The van der Waals surface area contributed by atoms with Crippen LogP contribution >= 0.6 is 0 Å². The van der Waals surface area contributed by atoms with Crippen LogP contribution in [0.5, 0.6) is 0 Å². The lowest BCUT2D eigenvalue weighted by Crippen LogP contribution is -2.47. The third-order valence-corrected chi connectivity index (χ3v) is 5.88. The van der Waals surface area contributed by atoms with E-state index in [9.17, 15) is 8.42 Å². The van der Waals surface area contributed by atoms with Gasteiger partial charge in [0.25, 0.3) is 0 Å². The molecule has 5 nitrogen and oxygen atoms in total. The number of nitrogens with zero attached hydrogens (tertiary/aromatic N) is 1. The standard InChI is InChI=1S/C15H24N2O3S/c1-4-14-6-5-13(10-16-3)9-15(14)21(18,19)17-7-8-20-11-12(17)2/h5-6,9,12,16H,4,7-8,10-11H2,1-3H3. The van der Waals surface area contributed by atoms with Gasteiger partial charge in [-0.15, -0.1) is 0 Å². The summed E-state index contributed by atoms with van der Waals surface area (Å²) in [5.41, 5.74) is 1.85. The molecule has 1 N–H and O–H groups in total. The molecule has 1 atom stereocenters. The largest absolute Gasteiger partial charge is 0.378 e. The number of morpholine rings is 1. The number of sulfonamides is 1. The lowest BCUT2D eigenvalue weighted by Gasteiger charge is -2.32. The number of aryl methyl sites for hydroxylation is 1. The molecule has 1 saturated heterocycles. The highest BCUT2D eigenvalue weighted by Gasteiger charge is 2.32. The average Bonchev–Trinajstić information content (AvgIpc) is 2.48. The first-order valence-corrected chi connectivity index (χ1v) is 8.80. The van der Waals surface area contributed by atoms with Gasteiger partial charge in [-0.25, -0.2) is 8.42 Å². The molecular formula is C15H24N2O3S. The van der Waals surface area contributed by atoms with Crippen molar-refractivity contribution in [3.8, 4) is 0 Å². The van der Waals surface area contributed by atoms with Gasteiger partial charge in [0.1, 0.15) is 0 Å². The van der Waals surface area contributed by atoms with Gasteiger partial charge in [-0.3, -0.25) is 0 Å². The normalized spacial score (nSPS) is 20.6. The molecule has 0 amide bonds. The Bertz CT molecular complexity index is 587. The zero-order chi connectivity index (χ0) is 15.5. The van der Waals surface area contributed by atoms with E-state index in [4.69, 9.17) is 4.74 Å². The van der Waals surface area contributed by atoms with E-state index in [-0.39, 0.29) is 6.04 Å². The maximum atomic E-state index is 13.0. The molecule has 1 fully saturated rings. The van der Waals surface area contributed by atoms with E-state index in [0.717, 1.165) is 11.1 Å². The van der Waals surface area contributed by atoms with Crippen molar-refractivity contribution >= 4 is 10.0 Å². The van der Waals surface area contributed by atoms with Crippen LogP contribution in [-0.4, -0.2) is 45.6 Å². The van der Waals surface area contributed by atoms with E-state index in [1.165, 1.54) is 0 Å². The Morgan fingerprint density at radius 3 is 2.81 bits per heavy atom. The third-order valence-electron chi connectivity index (χ3n) is 3.79. The van der Waals surface area contributed by atoms with Crippen molar-refractivity contribution in [3.63, 3.8) is 0 Å². The molecule has 21 heavy (non-hydrogen) atoms. The summed E-state index contributed by atoms with van der Waals surface area (Å²) in [5, 5.41) is 3.06. The van der Waals surface area contributed by atoms with Gasteiger partial charge in [0.2, 0.25) is 10.0 Å². The van der Waals surface area contributed by atoms with Crippen molar-refractivity contribution in [2.24, 2.45) is 0 Å². The lowest BCUT2D eigenvalue weighted by molar-refractivity contribution is 0.0392. The number of nitrogens with one attached hydrogen (secondary N) is 1. The van der Waals surface area contributed by atoms with Crippen molar-refractivity contribution in [3.05, 3.63) is 29.3 Å². The Labute approximate surface area is 127 Å². The fraction of sp³-hybridized carbons (Fsp3) is 0.600. The first kappa shape index (κ1) is 16.4. The summed E-state index contributed by atoms with van der Waals surface area (Å²) in [6, 6.07) is 5.58. The summed E-state index contributed by atoms with van der Waals surface area (Å²) in [6.07, 6.45) is 0.702. The SMILES string of the molecule is CCc1ccc(CNC)cc1S(=O)(=O)N1CCOCC1C. The first-order chi connectivity index (χ1) is 10.0. The number of ether oxygens (including phenoxy) is 1. The molecule has 0 spiro atoms. The fourth-order valence-corrected chi connectivity index (χ4v) is 4.59. The number of benzene rings is 1. The summed E-state index contributed by atoms with van der Waals surface area (Å²) >= 11 is 0. The summed E-state index contributed by atoms with van der Waals surface area (Å²) in [5.74, 6) is 0. The maximum absolute atomic E-state index is 13.0. The quantitative estimate of drug-likeness (QED) is 0.892. The molecule has 6 heteroatoms. The predicted molar refractivity (Wildman–Crippen MR) is 82.8 cm³/mol. The second-order valence-corrected chi connectivity index (χ2v) is 7.22. The van der Waals surface area contributed by atoms with E-state index < -0.39 is 10.0 Å². The Morgan fingerprint density at radius 1 is 1.43 bits per heavy atom. The summed E-state index contributed by atoms with van der Waals surface area (Å²) in [4.78, 5) is 0.437. The monoisotopic (exact) mass is 312 g/mol. The smallest absolute Gasteiger partial charge is 0.243 e. The summed E-state index contributed by atoms with van der Waals surface area (Å²) < 4.78 is 32.9. The van der Waals surface area contributed by atoms with Crippen molar-refractivity contribution in [1.82, 2.24) is 9.62 Å². The van der Waals surface area contributed by atoms with Crippen LogP contribution < -0.4 is 5.32 Å². The van der Waals surface area contributed by atoms with E-state index >= 15 is 0 Å². The van der Waals surface area contributed by atoms with E-state index in [0.29, 0.717) is 37.6 Å². The molecule has 0 saturated carbocycles. The van der Waals surface area contributed by atoms with Gasteiger partial charge < -0.3 is 10.1 Å². The van der Waals surface area contributed by atoms with Gasteiger partial charge in [0.15, 0.2) is 0 Å². The zero-order valence-electron chi connectivity index (χ0n) is 12.9. The van der Waals surface area contributed by atoms with E-state index in [1.54, 1.807) is 10.4 Å². The number of hydrogen-bond acceptors (Lipinski definition) is 4. The minimum Gasteiger partial charge on any atom is -0.378 e. The van der Waals surface area contributed by atoms with Gasteiger partial charge in [-0.1, -0.05) is 19.1 Å². The zero-order valence-corrected chi connectivity index (χ0v) is 13.7. The Morgan fingerprint density at radius 2 is 2.19 bits per heavy atom. The minimum absolute atomic E-state index is 0.124. The molecular weight excluding hydrogens is 288 g/mol.